The lowest BCUT2D eigenvalue weighted by Crippen LogP contribution is -2.40. The first-order chi connectivity index (χ1) is 13.7. The Bertz CT molecular complexity index is 963. The largest absolute Gasteiger partial charge is 0.484 e. The molecule has 10 heteroatoms. The Morgan fingerprint density at radius 3 is 2.52 bits per heavy atom. The molecule has 1 amide bonds. The smallest absolute Gasteiger partial charge is 0.325 e. The van der Waals surface area contributed by atoms with Crippen molar-refractivity contribution in [2.45, 2.75) is 24.3 Å². The molecule has 3 N–H and O–H groups in total. The molecule has 0 aliphatic heterocycles. The molecule has 0 heterocycles. The third-order valence-electron chi connectivity index (χ3n) is 3.85. The zero-order valence-corrected chi connectivity index (χ0v) is 17.2. The molecule has 2 aromatic carbocycles. The normalized spacial score (nSPS) is 12.2. The topological polar surface area (TPSA) is 122 Å². The van der Waals surface area contributed by atoms with Crippen LogP contribution in [0.2, 0.25) is 5.02 Å². The van der Waals surface area contributed by atoms with E-state index in [9.17, 15) is 18.0 Å². The highest BCUT2D eigenvalue weighted by Gasteiger charge is 2.15. The Morgan fingerprint density at radius 2 is 1.86 bits per heavy atom. The number of amides is 1. The predicted octanol–water partition coefficient (Wildman–Crippen LogP) is 1.83. The van der Waals surface area contributed by atoms with Crippen LogP contribution >= 0.6 is 11.6 Å². The van der Waals surface area contributed by atoms with Crippen molar-refractivity contribution in [1.29, 1.82) is 0 Å². The van der Waals surface area contributed by atoms with E-state index in [1.807, 2.05) is 0 Å². The monoisotopic (exact) mass is 440 g/mol. The fourth-order valence-electron chi connectivity index (χ4n) is 2.31. The molecule has 0 aliphatic rings. The molecule has 2 rings (SSSR count). The molecular weight excluding hydrogens is 420 g/mol. The first-order valence-electron chi connectivity index (χ1n) is 8.66. The summed E-state index contributed by atoms with van der Waals surface area (Å²) in [4.78, 5) is 22.5. The summed E-state index contributed by atoms with van der Waals surface area (Å²) in [5, 5.41) is 11.5. The van der Waals surface area contributed by atoms with Crippen LogP contribution in [0.5, 0.6) is 5.75 Å². The molecule has 0 saturated carbocycles. The van der Waals surface area contributed by atoms with Crippen molar-refractivity contribution in [2.75, 3.05) is 13.2 Å². The lowest BCUT2D eigenvalue weighted by Gasteiger charge is -2.11. The van der Waals surface area contributed by atoms with Crippen LogP contribution in [-0.2, 0) is 26.0 Å². The molecular formula is C19H21ClN2O6S. The van der Waals surface area contributed by atoms with Gasteiger partial charge in [-0.3, -0.25) is 9.59 Å². The van der Waals surface area contributed by atoms with E-state index in [1.165, 1.54) is 31.2 Å². The van der Waals surface area contributed by atoms with Crippen molar-refractivity contribution < 1.29 is 27.9 Å². The van der Waals surface area contributed by atoms with Crippen LogP contribution < -0.4 is 14.8 Å². The highest BCUT2D eigenvalue weighted by atomic mass is 35.5. The lowest BCUT2D eigenvalue weighted by molar-refractivity contribution is -0.141. The number of hydrogen-bond acceptors (Lipinski definition) is 5. The van der Waals surface area contributed by atoms with Crippen molar-refractivity contribution in [3.63, 3.8) is 0 Å². The average Bonchev–Trinajstić information content (AvgIpc) is 2.67. The van der Waals surface area contributed by atoms with Gasteiger partial charge in [-0.1, -0.05) is 23.7 Å². The third-order valence-corrected chi connectivity index (χ3v) is 5.57. The maximum atomic E-state index is 12.2. The Morgan fingerprint density at radius 1 is 1.17 bits per heavy atom. The summed E-state index contributed by atoms with van der Waals surface area (Å²) < 4.78 is 32.4. The van der Waals surface area contributed by atoms with Gasteiger partial charge in [-0.25, -0.2) is 13.1 Å². The minimum absolute atomic E-state index is 0.126. The summed E-state index contributed by atoms with van der Waals surface area (Å²) >= 11 is 5.77. The van der Waals surface area contributed by atoms with E-state index in [2.05, 4.69) is 10.0 Å². The summed E-state index contributed by atoms with van der Waals surface area (Å²) in [6.07, 6.45) is 0.409. The van der Waals surface area contributed by atoms with Crippen LogP contribution in [0.4, 0.5) is 0 Å². The van der Waals surface area contributed by atoms with Gasteiger partial charge in [0.15, 0.2) is 6.61 Å². The summed E-state index contributed by atoms with van der Waals surface area (Å²) in [7, 11) is -3.64. The van der Waals surface area contributed by atoms with E-state index in [1.54, 1.807) is 24.3 Å². The molecule has 1 unspecified atom stereocenters. The summed E-state index contributed by atoms with van der Waals surface area (Å²) in [6, 6.07) is 11.7. The fraction of sp³-hybridized carbons (Fsp3) is 0.263. The Labute approximate surface area is 173 Å². The average molecular weight is 441 g/mol. The number of carbonyl (C=O) groups is 2. The van der Waals surface area contributed by atoms with Gasteiger partial charge in [0.25, 0.3) is 5.91 Å². The van der Waals surface area contributed by atoms with Gasteiger partial charge in [0.05, 0.1) is 4.90 Å². The molecule has 0 aliphatic carbocycles. The van der Waals surface area contributed by atoms with E-state index < -0.39 is 27.9 Å². The van der Waals surface area contributed by atoms with Gasteiger partial charge >= 0.3 is 5.97 Å². The minimum Gasteiger partial charge on any atom is -0.484 e. The van der Waals surface area contributed by atoms with E-state index in [0.717, 1.165) is 5.56 Å². The van der Waals surface area contributed by atoms with Gasteiger partial charge < -0.3 is 15.2 Å². The van der Waals surface area contributed by atoms with Gasteiger partial charge in [0.2, 0.25) is 10.0 Å². The van der Waals surface area contributed by atoms with Gasteiger partial charge in [-0.05, 0) is 55.3 Å². The van der Waals surface area contributed by atoms with E-state index in [-0.39, 0.29) is 18.0 Å². The Balaban J connectivity index is 1.86. The van der Waals surface area contributed by atoms with Crippen LogP contribution in [0, 0.1) is 0 Å². The number of sulfonamides is 1. The van der Waals surface area contributed by atoms with Crippen LogP contribution in [0.25, 0.3) is 0 Å². The fourth-order valence-corrected chi connectivity index (χ4v) is 3.47. The second kappa shape index (κ2) is 10.2. The lowest BCUT2D eigenvalue weighted by atomic mass is 10.1. The number of halogens is 1. The Hall–Kier alpha value is -2.62. The molecule has 0 aromatic heterocycles. The first kappa shape index (κ1) is 22.7. The van der Waals surface area contributed by atoms with Crippen LogP contribution in [-0.4, -0.2) is 44.6 Å². The molecule has 1 atom stereocenters. The number of carboxylic acids is 1. The van der Waals surface area contributed by atoms with Crippen molar-refractivity contribution in [1.82, 2.24) is 10.0 Å². The standard InChI is InChI=1S/C19H21ClN2O6S/c1-13(19(24)25)22-18(23)12-28-16-4-2-3-14(11-16)9-10-21-29(26,27)17-7-5-15(20)6-8-17/h2-8,11,13,21H,9-10,12H2,1H3,(H,22,23)(H,24,25). The second-order valence-electron chi connectivity index (χ2n) is 6.17. The van der Waals surface area contributed by atoms with Crippen molar-refractivity contribution >= 4 is 33.5 Å². The SMILES string of the molecule is CC(NC(=O)COc1cccc(CCNS(=O)(=O)c2ccc(Cl)cc2)c1)C(=O)O. The molecule has 0 bridgehead atoms. The summed E-state index contributed by atoms with van der Waals surface area (Å²) in [5.74, 6) is -1.27. The first-order valence-corrected chi connectivity index (χ1v) is 10.5. The van der Waals surface area contributed by atoms with Crippen molar-refractivity contribution in [2.24, 2.45) is 0 Å². The second-order valence-corrected chi connectivity index (χ2v) is 8.37. The van der Waals surface area contributed by atoms with Crippen molar-refractivity contribution in [3.05, 3.63) is 59.1 Å². The number of carbonyl (C=O) groups excluding carboxylic acids is 1. The molecule has 0 spiro atoms. The zero-order chi connectivity index (χ0) is 21.4. The minimum atomic E-state index is -3.64. The molecule has 0 saturated heterocycles. The van der Waals surface area contributed by atoms with E-state index >= 15 is 0 Å². The van der Waals surface area contributed by atoms with Crippen LogP contribution in [0.1, 0.15) is 12.5 Å². The number of nitrogens with one attached hydrogen (secondary N) is 2. The molecule has 8 nitrogen and oxygen atoms in total. The Kier molecular flexibility index (Phi) is 8.00. The zero-order valence-electron chi connectivity index (χ0n) is 15.6. The van der Waals surface area contributed by atoms with Crippen molar-refractivity contribution in [3.8, 4) is 5.75 Å². The number of rotatable bonds is 10. The van der Waals surface area contributed by atoms with Crippen LogP contribution in [0.3, 0.4) is 0 Å². The molecule has 0 fully saturated rings. The maximum absolute atomic E-state index is 12.2. The number of ether oxygens (including phenoxy) is 1. The van der Waals surface area contributed by atoms with E-state index in [0.29, 0.717) is 17.2 Å². The highest BCUT2D eigenvalue weighted by molar-refractivity contribution is 7.89. The maximum Gasteiger partial charge on any atom is 0.325 e. The van der Waals surface area contributed by atoms with Gasteiger partial charge in [-0.2, -0.15) is 0 Å². The van der Waals surface area contributed by atoms with Gasteiger partial charge in [-0.15, -0.1) is 0 Å². The highest BCUT2D eigenvalue weighted by Crippen LogP contribution is 2.15. The number of carboxylic acid groups (broad SMARTS) is 1. The molecule has 0 radical (unpaired) electrons. The predicted molar refractivity (Wildman–Crippen MR) is 108 cm³/mol. The summed E-state index contributed by atoms with van der Waals surface area (Å²) in [5.41, 5.74) is 0.806. The quantitative estimate of drug-likeness (QED) is 0.518. The third kappa shape index (κ3) is 7.37. The number of aliphatic carboxylic acids is 1. The molecule has 2 aromatic rings. The number of hydrogen-bond donors (Lipinski definition) is 3. The van der Waals surface area contributed by atoms with Gasteiger partial charge in [0, 0.05) is 11.6 Å². The molecule has 29 heavy (non-hydrogen) atoms. The van der Waals surface area contributed by atoms with Gasteiger partial charge in [0.1, 0.15) is 11.8 Å². The molecule has 156 valence electrons. The number of benzene rings is 2. The summed E-state index contributed by atoms with van der Waals surface area (Å²) in [6.45, 7) is 1.20. The van der Waals surface area contributed by atoms with E-state index in [4.69, 9.17) is 21.4 Å². The van der Waals surface area contributed by atoms with Crippen LogP contribution in [0.15, 0.2) is 53.4 Å².